The highest BCUT2D eigenvalue weighted by molar-refractivity contribution is 5.96. The SMILES string of the molecule is CC(C)c1ccc(C(=O)CCCCCN)cc1. The van der Waals surface area contributed by atoms with Crippen molar-refractivity contribution in [3.63, 3.8) is 0 Å². The highest BCUT2D eigenvalue weighted by Crippen LogP contribution is 2.16. The van der Waals surface area contributed by atoms with E-state index in [1.807, 2.05) is 12.1 Å². The number of ketones is 1. The summed E-state index contributed by atoms with van der Waals surface area (Å²) >= 11 is 0. The second-order valence-electron chi connectivity index (χ2n) is 4.80. The van der Waals surface area contributed by atoms with Crippen molar-refractivity contribution in [3.8, 4) is 0 Å². The van der Waals surface area contributed by atoms with Gasteiger partial charge in [-0.15, -0.1) is 0 Å². The summed E-state index contributed by atoms with van der Waals surface area (Å²) in [5.74, 6) is 0.765. The molecule has 0 radical (unpaired) electrons. The summed E-state index contributed by atoms with van der Waals surface area (Å²) in [5, 5.41) is 0. The number of carbonyl (C=O) groups excluding carboxylic acids is 1. The zero-order valence-electron chi connectivity index (χ0n) is 10.9. The van der Waals surface area contributed by atoms with Crippen molar-refractivity contribution in [1.29, 1.82) is 0 Å². The molecule has 0 atom stereocenters. The standard InChI is InChI=1S/C15H23NO/c1-12(2)13-7-9-14(10-8-13)15(17)6-4-3-5-11-16/h7-10,12H,3-6,11,16H2,1-2H3. The topological polar surface area (TPSA) is 43.1 Å². The van der Waals surface area contributed by atoms with Crippen LogP contribution < -0.4 is 5.73 Å². The largest absolute Gasteiger partial charge is 0.330 e. The number of nitrogens with two attached hydrogens (primary N) is 1. The van der Waals surface area contributed by atoms with Crippen molar-refractivity contribution in [2.24, 2.45) is 5.73 Å². The third-order valence-electron chi connectivity index (χ3n) is 3.01. The van der Waals surface area contributed by atoms with Gasteiger partial charge < -0.3 is 5.73 Å². The van der Waals surface area contributed by atoms with Gasteiger partial charge in [-0.2, -0.15) is 0 Å². The first-order chi connectivity index (χ1) is 8.15. The van der Waals surface area contributed by atoms with E-state index in [9.17, 15) is 4.79 Å². The van der Waals surface area contributed by atoms with E-state index >= 15 is 0 Å². The van der Waals surface area contributed by atoms with Gasteiger partial charge in [-0.05, 0) is 30.9 Å². The molecule has 0 aliphatic carbocycles. The van der Waals surface area contributed by atoms with E-state index in [4.69, 9.17) is 5.73 Å². The maximum absolute atomic E-state index is 11.9. The minimum atomic E-state index is 0.248. The number of rotatable bonds is 7. The molecule has 2 N–H and O–H groups in total. The molecule has 1 aromatic rings. The number of carbonyl (C=O) groups is 1. The van der Waals surface area contributed by atoms with Gasteiger partial charge in [-0.1, -0.05) is 44.5 Å². The first-order valence-corrected chi connectivity index (χ1v) is 6.48. The second kappa shape index (κ2) is 7.23. The van der Waals surface area contributed by atoms with Crippen molar-refractivity contribution >= 4 is 5.78 Å². The van der Waals surface area contributed by atoms with E-state index in [0.717, 1.165) is 31.4 Å². The zero-order chi connectivity index (χ0) is 12.7. The summed E-state index contributed by atoms with van der Waals surface area (Å²) in [4.78, 5) is 11.9. The Balaban J connectivity index is 2.46. The van der Waals surface area contributed by atoms with Gasteiger partial charge in [0.2, 0.25) is 0 Å². The molecule has 0 saturated carbocycles. The first-order valence-electron chi connectivity index (χ1n) is 6.48. The van der Waals surface area contributed by atoms with Crippen LogP contribution in [0, 0.1) is 0 Å². The van der Waals surface area contributed by atoms with Gasteiger partial charge in [0.15, 0.2) is 5.78 Å². The lowest BCUT2D eigenvalue weighted by atomic mass is 9.99. The molecule has 0 unspecified atom stereocenters. The van der Waals surface area contributed by atoms with Crippen LogP contribution in [0.4, 0.5) is 0 Å². The minimum absolute atomic E-state index is 0.248. The fourth-order valence-electron chi connectivity index (χ4n) is 1.80. The van der Waals surface area contributed by atoms with Gasteiger partial charge >= 0.3 is 0 Å². The van der Waals surface area contributed by atoms with Gasteiger partial charge in [0, 0.05) is 12.0 Å². The highest BCUT2D eigenvalue weighted by atomic mass is 16.1. The molecular weight excluding hydrogens is 210 g/mol. The third kappa shape index (κ3) is 4.70. The summed E-state index contributed by atoms with van der Waals surface area (Å²) < 4.78 is 0. The average molecular weight is 233 g/mol. The molecule has 0 aromatic heterocycles. The number of benzene rings is 1. The Bertz CT molecular complexity index is 340. The molecular formula is C15H23NO. The second-order valence-corrected chi connectivity index (χ2v) is 4.80. The van der Waals surface area contributed by atoms with Crippen LogP contribution in [0.1, 0.15) is 61.4 Å². The number of Topliss-reactive ketones (excluding diaryl/α,β-unsaturated/α-hetero) is 1. The predicted molar refractivity (Wildman–Crippen MR) is 72.4 cm³/mol. The van der Waals surface area contributed by atoms with Crippen molar-refractivity contribution < 1.29 is 4.79 Å². The molecule has 0 fully saturated rings. The van der Waals surface area contributed by atoms with E-state index in [-0.39, 0.29) is 5.78 Å². The molecule has 0 heterocycles. The fourth-order valence-corrected chi connectivity index (χ4v) is 1.80. The van der Waals surface area contributed by atoms with Gasteiger partial charge in [-0.3, -0.25) is 4.79 Å². The van der Waals surface area contributed by atoms with Crippen molar-refractivity contribution in [2.45, 2.75) is 45.4 Å². The molecule has 0 spiro atoms. The van der Waals surface area contributed by atoms with Crippen molar-refractivity contribution in [3.05, 3.63) is 35.4 Å². The van der Waals surface area contributed by atoms with E-state index in [1.54, 1.807) is 0 Å². The maximum Gasteiger partial charge on any atom is 0.162 e. The third-order valence-corrected chi connectivity index (χ3v) is 3.01. The molecule has 17 heavy (non-hydrogen) atoms. The van der Waals surface area contributed by atoms with Crippen LogP contribution in [0.2, 0.25) is 0 Å². The molecule has 1 rings (SSSR count). The van der Waals surface area contributed by atoms with Gasteiger partial charge in [0.1, 0.15) is 0 Å². The van der Waals surface area contributed by atoms with Crippen LogP contribution in [0.15, 0.2) is 24.3 Å². The number of unbranched alkanes of at least 4 members (excludes halogenated alkanes) is 2. The van der Waals surface area contributed by atoms with Crippen molar-refractivity contribution in [1.82, 2.24) is 0 Å². The number of hydrogen-bond acceptors (Lipinski definition) is 2. The summed E-state index contributed by atoms with van der Waals surface area (Å²) in [6.07, 6.45) is 3.65. The zero-order valence-corrected chi connectivity index (χ0v) is 10.9. The van der Waals surface area contributed by atoms with Crippen LogP contribution >= 0.6 is 0 Å². The summed E-state index contributed by atoms with van der Waals surface area (Å²) in [5.41, 5.74) is 7.53. The molecule has 0 saturated heterocycles. The van der Waals surface area contributed by atoms with Gasteiger partial charge in [0.25, 0.3) is 0 Å². The van der Waals surface area contributed by atoms with Crippen LogP contribution in [0.25, 0.3) is 0 Å². The molecule has 2 nitrogen and oxygen atoms in total. The van der Waals surface area contributed by atoms with E-state index in [2.05, 4.69) is 26.0 Å². The maximum atomic E-state index is 11.9. The molecule has 0 amide bonds. The molecule has 94 valence electrons. The molecule has 0 bridgehead atoms. The van der Waals surface area contributed by atoms with E-state index in [1.165, 1.54) is 5.56 Å². The summed E-state index contributed by atoms with van der Waals surface area (Å²) in [6, 6.07) is 8.00. The van der Waals surface area contributed by atoms with Crippen LogP contribution in [0.3, 0.4) is 0 Å². The quantitative estimate of drug-likeness (QED) is 0.578. The number of hydrogen-bond donors (Lipinski definition) is 1. The lowest BCUT2D eigenvalue weighted by molar-refractivity contribution is 0.0979. The van der Waals surface area contributed by atoms with Crippen LogP contribution in [0.5, 0.6) is 0 Å². The summed E-state index contributed by atoms with van der Waals surface area (Å²) in [6.45, 7) is 5.03. The van der Waals surface area contributed by atoms with Crippen LogP contribution in [-0.2, 0) is 0 Å². The normalized spacial score (nSPS) is 10.8. The highest BCUT2D eigenvalue weighted by Gasteiger charge is 2.06. The fraction of sp³-hybridized carbons (Fsp3) is 0.533. The Hall–Kier alpha value is -1.15. The Morgan fingerprint density at radius 2 is 1.76 bits per heavy atom. The van der Waals surface area contributed by atoms with Gasteiger partial charge in [0.05, 0.1) is 0 Å². The molecule has 1 aromatic carbocycles. The molecule has 0 aliphatic heterocycles. The minimum Gasteiger partial charge on any atom is -0.330 e. The van der Waals surface area contributed by atoms with E-state index < -0.39 is 0 Å². The monoisotopic (exact) mass is 233 g/mol. The summed E-state index contributed by atoms with van der Waals surface area (Å²) in [7, 11) is 0. The predicted octanol–water partition coefficient (Wildman–Crippen LogP) is 3.51. The first kappa shape index (κ1) is 13.9. The molecule has 0 aliphatic rings. The van der Waals surface area contributed by atoms with E-state index in [0.29, 0.717) is 12.3 Å². The average Bonchev–Trinajstić information content (AvgIpc) is 2.34. The molecule has 2 heteroatoms. The van der Waals surface area contributed by atoms with Gasteiger partial charge in [-0.25, -0.2) is 0 Å². The lowest BCUT2D eigenvalue weighted by Gasteiger charge is -2.06. The Morgan fingerprint density at radius 1 is 1.12 bits per heavy atom. The lowest BCUT2D eigenvalue weighted by Crippen LogP contribution is -2.01. The van der Waals surface area contributed by atoms with Crippen molar-refractivity contribution in [2.75, 3.05) is 6.54 Å². The Kier molecular flexibility index (Phi) is 5.92. The Morgan fingerprint density at radius 3 is 2.29 bits per heavy atom. The van der Waals surface area contributed by atoms with Crippen LogP contribution in [-0.4, -0.2) is 12.3 Å². The smallest absolute Gasteiger partial charge is 0.162 e. The Labute approximate surface area is 104 Å².